The number of esters is 1. The number of aliphatic hydroxyl groups is 1. The van der Waals surface area contributed by atoms with Crippen LogP contribution in [0.15, 0.2) is 12.2 Å². The molecule has 0 aromatic heterocycles. The summed E-state index contributed by atoms with van der Waals surface area (Å²) in [6.45, 7) is 22.8. The minimum atomic E-state index is -1.04. The van der Waals surface area contributed by atoms with Gasteiger partial charge in [0.2, 0.25) is 0 Å². The van der Waals surface area contributed by atoms with E-state index in [4.69, 9.17) is 4.74 Å². The second-order valence-corrected chi connectivity index (χ2v) is 17.6. The van der Waals surface area contributed by atoms with Gasteiger partial charge in [-0.25, -0.2) is 0 Å². The molecule has 41 heavy (non-hydrogen) atoms. The van der Waals surface area contributed by atoms with Crippen LogP contribution < -0.4 is 0 Å². The fourth-order valence-electron chi connectivity index (χ4n) is 12.6. The first kappa shape index (κ1) is 31.1. The molecular formula is C36H58O5. The van der Waals surface area contributed by atoms with Gasteiger partial charge < -0.3 is 14.9 Å². The predicted molar refractivity (Wildman–Crippen MR) is 162 cm³/mol. The van der Waals surface area contributed by atoms with E-state index in [9.17, 15) is 19.8 Å². The van der Waals surface area contributed by atoms with Gasteiger partial charge in [0, 0.05) is 6.61 Å². The number of carbonyl (C=O) groups is 2. The van der Waals surface area contributed by atoms with Crippen molar-refractivity contribution < 1.29 is 24.5 Å². The number of hydrogen-bond donors (Lipinski definition) is 2. The molecule has 2 N–H and O–H groups in total. The molecule has 5 fully saturated rings. The average Bonchev–Trinajstić information content (AvgIpc) is 3.23. The van der Waals surface area contributed by atoms with E-state index in [0.29, 0.717) is 36.2 Å². The fourth-order valence-corrected chi connectivity index (χ4v) is 12.6. The zero-order valence-electron chi connectivity index (χ0n) is 27.3. The smallest absolute Gasteiger partial charge is 0.312 e. The molecule has 5 aliphatic carbocycles. The number of carboxylic acid groups (broad SMARTS) is 1. The van der Waals surface area contributed by atoms with Crippen LogP contribution in [0.25, 0.3) is 0 Å². The normalized spacial score (nSPS) is 46.9. The zero-order valence-corrected chi connectivity index (χ0v) is 27.3. The molecule has 0 radical (unpaired) electrons. The molecule has 0 bridgehead atoms. The van der Waals surface area contributed by atoms with Crippen molar-refractivity contribution in [2.75, 3.05) is 6.61 Å². The van der Waals surface area contributed by atoms with E-state index in [1.165, 1.54) is 44.1 Å². The lowest BCUT2D eigenvalue weighted by Crippen LogP contribution is -2.66. The Morgan fingerprint density at radius 3 is 2.20 bits per heavy atom. The van der Waals surface area contributed by atoms with Gasteiger partial charge in [-0.1, -0.05) is 46.8 Å². The summed E-state index contributed by atoms with van der Waals surface area (Å²) >= 11 is 0. The number of ether oxygens (including phenoxy) is 1. The van der Waals surface area contributed by atoms with Crippen LogP contribution in [-0.2, 0) is 14.3 Å². The first-order valence-electron chi connectivity index (χ1n) is 16.6. The monoisotopic (exact) mass is 570 g/mol. The van der Waals surface area contributed by atoms with Crippen LogP contribution in [0.5, 0.6) is 0 Å². The van der Waals surface area contributed by atoms with Gasteiger partial charge in [0.25, 0.3) is 0 Å². The minimum Gasteiger partial charge on any atom is -0.481 e. The zero-order chi connectivity index (χ0) is 30.4. The molecule has 1 unspecified atom stereocenters. The summed E-state index contributed by atoms with van der Waals surface area (Å²) in [5, 5.41) is 20.1. The maximum absolute atomic E-state index is 13.3. The van der Waals surface area contributed by atoms with E-state index in [1.54, 1.807) is 13.8 Å². The molecule has 232 valence electrons. The Balaban J connectivity index is 1.47. The topological polar surface area (TPSA) is 83.8 Å². The fraction of sp³-hybridized carbons (Fsp3) is 0.889. The molecule has 5 saturated carbocycles. The third kappa shape index (κ3) is 4.48. The van der Waals surface area contributed by atoms with Crippen molar-refractivity contribution in [1.82, 2.24) is 0 Å². The van der Waals surface area contributed by atoms with Crippen LogP contribution in [0.2, 0.25) is 0 Å². The summed E-state index contributed by atoms with van der Waals surface area (Å²) in [7, 11) is 0. The van der Waals surface area contributed by atoms with E-state index < -0.39 is 11.4 Å². The predicted octanol–water partition coefficient (Wildman–Crippen LogP) is 8.05. The first-order chi connectivity index (χ1) is 18.9. The highest BCUT2D eigenvalue weighted by atomic mass is 16.5. The van der Waals surface area contributed by atoms with Gasteiger partial charge in [-0.05, 0) is 142 Å². The van der Waals surface area contributed by atoms with Gasteiger partial charge >= 0.3 is 11.9 Å². The van der Waals surface area contributed by atoms with Crippen LogP contribution >= 0.6 is 0 Å². The molecule has 5 nitrogen and oxygen atoms in total. The Morgan fingerprint density at radius 2 is 1.59 bits per heavy atom. The summed E-state index contributed by atoms with van der Waals surface area (Å²) in [5.74, 6) is 1.43. The summed E-state index contributed by atoms with van der Waals surface area (Å²) in [6, 6.07) is 0. The highest BCUT2D eigenvalue weighted by Crippen LogP contribution is 2.77. The lowest BCUT2D eigenvalue weighted by atomic mass is 9.32. The number of rotatable bonds is 6. The van der Waals surface area contributed by atoms with Gasteiger partial charge in [-0.3, -0.25) is 9.59 Å². The summed E-state index contributed by atoms with van der Waals surface area (Å²) in [5.41, 5.74) is 0.832. The number of carbonyl (C=O) groups excluding carboxylic acids is 1. The lowest BCUT2D eigenvalue weighted by molar-refractivity contribution is -0.249. The van der Waals surface area contributed by atoms with E-state index >= 15 is 0 Å². The minimum absolute atomic E-state index is 0.0447. The molecule has 0 aromatic carbocycles. The molecule has 5 aliphatic rings. The SMILES string of the molecule is C=C(C)[C@@H]1CC[C@]2(CO)CC[C@]3(C)[C@H](CC[C@@H]4[C@@]5(C)CC(OC(=O)C(C)(C)CC(=O)O)CC(C)(C)[C@@H]5CC[C@]43C)[C@@H]12. The summed E-state index contributed by atoms with van der Waals surface area (Å²) in [4.78, 5) is 24.7. The Labute approximate surface area is 249 Å². The lowest BCUT2D eigenvalue weighted by Gasteiger charge is -2.73. The maximum Gasteiger partial charge on any atom is 0.312 e. The summed E-state index contributed by atoms with van der Waals surface area (Å²) < 4.78 is 6.24. The van der Waals surface area contributed by atoms with Gasteiger partial charge in [-0.15, -0.1) is 0 Å². The average molecular weight is 571 g/mol. The number of fused-ring (bicyclic) bond motifs is 7. The molecule has 0 saturated heterocycles. The number of aliphatic hydroxyl groups excluding tert-OH is 1. The Morgan fingerprint density at radius 1 is 0.902 bits per heavy atom. The van der Waals surface area contributed by atoms with Crippen molar-refractivity contribution >= 4 is 11.9 Å². The Kier molecular flexibility index (Phi) is 7.45. The van der Waals surface area contributed by atoms with Crippen molar-refractivity contribution in [3.8, 4) is 0 Å². The molecule has 0 aliphatic heterocycles. The molecule has 10 atom stereocenters. The summed E-state index contributed by atoms with van der Waals surface area (Å²) in [6.07, 6.45) is 10.8. The van der Waals surface area contributed by atoms with Crippen LogP contribution in [0, 0.1) is 62.1 Å². The van der Waals surface area contributed by atoms with Crippen molar-refractivity contribution in [3.63, 3.8) is 0 Å². The van der Waals surface area contributed by atoms with Crippen molar-refractivity contribution in [2.45, 2.75) is 132 Å². The van der Waals surface area contributed by atoms with Gasteiger partial charge in [0.05, 0.1) is 11.8 Å². The number of carboxylic acids is 1. The highest BCUT2D eigenvalue weighted by molar-refractivity contribution is 5.82. The Bertz CT molecular complexity index is 1090. The maximum atomic E-state index is 13.3. The largest absolute Gasteiger partial charge is 0.481 e. The van der Waals surface area contributed by atoms with Crippen molar-refractivity contribution in [1.29, 1.82) is 0 Å². The third-order valence-electron chi connectivity index (χ3n) is 14.6. The van der Waals surface area contributed by atoms with E-state index in [1.807, 2.05) is 0 Å². The van der Waals surface area contributed by atoms with Crippen LogP contribution in [0.4, 0.5) is 0 Å². The van der Waals surface area contributed by atoms with Gasteiger partial charge in [0.1, 0.15) is 6.10 Å². The van der Waals surface area contributed by atoms with Crippen molar-refractivity contribution in [3.05, 3.63) is 12.2 Å². The molecule has 0 spiro atoms. The second-order valence-electron chi connectivity index (χ2n) is 17.6. The molecular weight excluding hydrogens is 512 g/mol. The number of hydrogen-bond acceptors (Lipinski definition) is 4. The standard InChI is InChI=1S/C36H58O5/c1-22(2)24-12-15-36(21-37)17-16-34(8)25(29(24)36)10-11-27-33(7)19-23(41-30(40)32(5,6)20-28(38)39)18-31(3,4)26(33)13-14-35(27,34)9/h23-27,29,37H,1,10-21H2,2-9H3,(H,38,39)/t23?,24-,25+,26-,27+,29+,33-,34+,35+,36+/m0/s1. The number of aliphatic carboxylic acids is 1. The van der Waals surface area contributed by atoms with E-state index in [2.05, 4.69) is 48.1 Å². The van der Waals surface area contributed by atoms with Gasteiger partial charge in [-0.2, -0.15) is 0 Å². The number of allylic oxidation sites excluding steroid dienone is 1. The van der Waals surface area contributed by atoms with Crippen molar-refractivity contribution in [2.24, 2.45) is 62.1 Å². The first-order valence-corrected chi connectivity index (χ1v) is 16.6. The molecule has 0 amide bonds. The quantitative estimate of drug-likeness (QED) is 0.249. The molecule has 5 heteroatoms. The van der Waals surface area contributed by atoms with E-state index in [0.717, 1.165) is 25.7 Å². The van der Waals surface area contributed by atoms with Gasteiger partial charge in [0.15, 0.2) is 0 Å². The second kappa shape index (κ2) is 9.83. The molecule has 0 aromatic rings. The van der Waals surface area contributed by atoms with Crippen LogP contribution in [0.3, 0.4) is 0 Å². The highest BCUT2D eigenvalue weighted by Gasteiger charge is 2.70. The third-order valence-corrected chi connectivity index (χ3v) is 14.6. The van der Waals surface area contributed by atoms with Crippen LogP contribution in [0.1, 0.15) is 126 Å². The van der Waals surface area contributed by atoms with Crippen LogP contribution in [-0.4, -0.2) is 34.9 Å². The Hall–Kier alpha value is -1.36. The molecule has 5 rings (SSSR count). The molecule has 0 heterocycles. The van der Waals surface area contributed by atoms with E-state index in [-0.39, 0.29) is 45.6 Å².